The largest absolute Gasteiger partial charge is 0.306 e. The molecule has 3 aromatic heterocycles. The van der Waals surface area contributed by atoms with Crippen molar-refractivity contribution < 1.29 is 0 Å². The van der Waals surface area contributed by atoms with Gasteiger partial charge in [0.25, 0.3) is 0 Å². The molecule has 0 unspecified atom stereocenters. The first-order valence-corrected chi connectivity index (χ1v) is 9.95. The van der Waals surface area contributed by atoms with Crippen LogP contribution in [-0.4, -0.2) is 39.4 Å². The number of rotatable bonds is 3. The smallest absolute Gasteiger partial charge is 0.137 e. The fourth-order valence-electron chi connectivity index (χ4n) is 4.16. The zero-order valence-corrected chi connectivity index (χ0v) is 16.1. The zero-order valence-electron chi connectivity index (χ0n) is 16.1. The molecule has 4 aromatic rings. The van der Waals surface area contributed by atoms with Crippen LogP contribution in [0.15, 0.2) is 73.2 Å². The second-order valence-electron chi connectivity index (χ2n) is 7.71. The predicted molar refractivity (Wildman–Crippen MR) is 113 cm³/mol. The third kappa shape index (κ3) is 3.20. The normalized spacial score (nSPS) is 15.9. The number of aromatic nitrogens is 3. The molecule has 1 aliphatic rings. The van der Waals surface area contributed by atoms with Crippen molar-refractivity contribution in [1.82, 2.24) is 19.3 Å². The Kier molecular flexibility index (Phi) is 4.41. The zero-order chi connectivity index (χ0) is 18.9. The molecule has 4 heteroatoms. The number of hydrogen-bond donors (Lipinski definition) is 0. The van der Waals surface area contributed by atoms with Crippen LogP contribution >= 0.6 is 0 Å². The Morgan fingerprint density at radius 1 is 0.893 bits per heavy atom. The van der Waals surface area contributed by atoms with Crippen molar-refractivity contribution >= 4 is 5.65 Å². The molecule has 1 aromatic carbocycles. The molecule has 0 saturated carbocycles. The summed E-state index contributed by atoms with van der Waals surface area (Å²) in [6, 6.07) is 19.0. The van der Waals surface area contributed by atoms with E-state index in [0.29, 0.717) is 5.92 Å². The highest BCUT2D eigenvalue weighted by Gasteiger charge is 2.19. The molecule has 4 heterocycles. The second-order valence-corrected chi connectivity index (χ2v) is 7.71. The molecule has 0 radical (unpaired) electrons. The highest BCUT2D eigenvalue weighted by Crippen LogP contribution is 2.30. The monoisotopic (exact) mass is 368 g/mol. The minimum Gasteiger partial charge on any atom is -0.306 e. The lowest BCUT2D eigenvalue weighted by Gasteiger charge is -2.29. The molecule has 4 nitrogen and oxygen atoms in total. The van der Waals surface area contributed by atoms with Crippen molar-refractivity contribution in [3.63, 3.8) is 0 Å². The van der Waals surface area contributed by atoms with Crippen LogP contribution in [-0.2, 0) is 0 Å². The van der Waals surface area contributed by atoms with Gasteiger partial charge >= 0.3 is 0 Å². The lowest BCUT2D eigenvalue weighted by Crippen LogP contribution is -2.29. The summed E-state index contributed by atoms with van der Waals surface area (Å²) in [5, 5.41) is 0. The summed E-state index contributed by atoms with van der Waals surface area (Å²) in [4.78, 5) is 11.7. The average molecular weight is 368 g/mol. The summed E-state index contributed by atoms with van der Waals surface area (Å²) in [6.45, 7) is 2.35. The number of piperidine rings is 1. The summed E-state index contributed by atoms with van der Waals surface area (Å²) in [7, 11) is 2.21. The molecule has 0 amide bonds. The van der Waals surface area contributed by atoms with Crippen molar-refractivity contribution in [3.05, 3.63) is 78.8 Å². The summed E-state index contributed by atoms with van der Waals surface area (Å²) < 4.78 is 2.18. The molecule has 1 aliphatic heterocycles. The molecule has 0 aliphatic carbocycles. The van der Waals surface area contributed by atoms with Crippen molar-refractivity contribution in [2.24, 2.45) is 0 Å². The Morgan fingerprint density at radius 3 is 2.54 bits per heavy atom. The molecule has 140 valence electrons. The van der Waals surface area contributed by atoms with Crippen LogP contribution in [0, 0.1) is 0 Å². The third-order valence-corrected chi connectivity index (χ3v) is 5.85. The van der Waals surface area contributed by atoms with Crippen LogP contribution in [0.25, 0.3) is 28.2 Å². The number of benzene rings is 1. The van der Waals surface area contributed by atoms with Crippen LogP contribution in [0.1, 0.15) is 24.3 Å². The Balaban J connectivity index is 1.49. The van der Waals surface area contributed by atoms with Gasteiger partial charge in [-0.15, -0.1) is 0 Å². The van der Waals surface area contributed by atoms with Gasteiger partial charge in [0.05, 0.1) is 17.6 Å². The third-order valence-electron chi connectivity index (χ3n) is 5.85. The maximum absolute atomic E-state index is 4.70. The number of likely N-dealkylation sites (tertiary alicyclic amines) is 1. The minimum absolute atomic E-state index is 0.645. The molecule has 1 fully saturated rings. The second kappa shape index (κ2) is 7.21. The van der Waals surface area contributed by atoms with Gasteiger partial charge in [0, 0.05) is 23.5 Å². The van der Waals surface area contributed by atoms with Crippen molar-refractivity contribution in [1.29, 1.82) is 0 Å². The lowest BCUT2D eigenvalue weighted by molar-refractivity contribution is 0.255. The van der Waals surface area contributed by atoms with Gasteiger partial charge in [0.15, 0.2) is 0 Å². The van der Waals surface area contributed by atoms with E-state index in [0.717, 1.165) is 28.2 Å². The van der Waals surface area contributed by atoms with Crippen molar-refractivity contribution in [2.75, 3.05) is 20.1 Å². The van der Waals surface area contributed by atoms with E-state index in [-0.39, 0.29) is 0 Å². The van der Waals surface area contributed by atoms with Crippen molar-refractivity contribution in [3.8, 4) is 22.5 Å². The topological polar surface area (TPSA) is 33.4 Å². The highest BCUT2D eigenvalue weighted by molar-refractivity contribution is 5.70. The maximum Gasteiger partial charge on any atom is 0.137 e. The maximum atomic E-state index is 4.70. The van der Waals surface area contributed by atoms with Gasteiger partial charge in [-0.2, -0.15) is 0 Å². The molecule has 0 bridgehead atoms. The van der Waals surface area contributed by atoms with Crippen molar-refractivity contribution in [2.45, 2.75) is 18.8 Å². The van der Waals surface area contributed by atoms with E-state index in [9.17, 15) is 0 Å². The van der Waals surface area contributed by atoms with Gasteiger partial charge in [-0.25, -0.2) is 4.98 Å². The summed E-state index contributed by atoms with van der Waals surface area (Å²) in [5.74, 6) is 0.645. The van der Waals surface area contributed by atoms with E-state index in [2.05, 4.69) is 63.9 Å². The van der Waals surface area contributed by atoms with Crippen LogP contribution in [0.4, 0.5) is 0 Å². The van der Waals surface area contributed by atoms with Crippen LogP contribution in [0.2, 0.25) is 0 Å². The van der Waals surface area contributed by atoms with E-state index < -0.39 is 0 Å². The quantitative estimate of drug-likeness (QED) is 0.517. The molecule has 28 heavy (non-hydrogen) atoms. The van der Waals surface area contributed by atoms with E-state index in [4.69, 9.17) is 4.98 Å². The fourth-order valence-corrected chi connectivity index (χ4v) is 4.16. The lowest BCUT2D eigenvalue weighted by atomic mass is 9.90. The Morgan fingerprint density at radius 2 is 1.71 bits per heavy atom. The number of pyridine rings is 2. The molecule has 0 atom stereocenters. The molecule has 1 saturated heterocycles. The van der Waals surface area contributed by atoms with Gasteiger partial charge in [-0.1, -0.05) is 30.3 Å². The van der Waals surface area contributed by atoms with E-state index in [1.54, 1.807) is 0 Å². The fraction of sp³-hybridized carbons (Fsp3) is 0.250. The van der Waals surface area contributed by atoms with Gasteiger partial charge in [-0.3, -0.25) is 9.38 Å². The number of imidazole rings is 1. The Hall–Kier alpha value is -2.98. The molecule has 0 spiro atoms. The van der Waals surface area contributed by atoms with E-state index in [1.165, 1.54) is 31.5 Å². The predicted octanol–water partition coefficient (Wildman–Crippen LogP) is 4.87. The molecular weight excluding hydrogens is 344 g/mol. The SMILES string of the molecule is CN1CCC(c2ccn3c(-c4ccnc(-c5ccccc5)c4)cnc3c2)CC1. The number of nitrogens with zero attached hydrogens (tertiary/aromatic N) is 4. The van der Waals surface area contributed by atoms with E-state index >= 15 is 0 Å². The first-order chi connectivity index (χ1) is 13.8. The van der Waals surface area contributed by atoms with Gasteiger partial charge < -0.3 is 4.90 Å². The summed E-state index contributed by atoms with van der Waals surface area (Å²) >= 11 is 0. The first kappa shape index (κ1) is 17.1. The number of hydrogen-bond acceptors (Lipinski definition) is 3. The van der Waals surface area contributed by atoms with Crippen LogP contribution in [0.3, 0.4) is 0 Å². The molecule has 0 N–H and O–H groups in total. The summed E-state index contributed by atoms with van der Waals surface area (Å²) in [5.41, 5.74) is 6.78. The van der Waals surface area contributed by atoms with E-state index in [1.807, 2.05) is 30.6 Å². The highest BCUT2D eigenvalue weighted by atomic mass is 15.1. The van der Waals surface area contributed by atoms with Gasteiger partial charge in [0.1, 0.15) is 5.65 Å². The number of fused-ring (bicyclic) bond motifs is 1. The van der Waals surface area contributed by atoms with Gasteiger partial charge in [0.2, 0.25) is 0 Å². The first-order valence-electron chi connectivity index (χ1n) is 9.95. The Labute approximate surface area is 165 Å². The Bertz CT molecular complexity index is 1090. The minimum atomic E-state index is 0.645. The van der Waals surface area contributed by atoms with Crippen LogP contribution < -0.4 is 0 Å². The molecular formula is C24H24N4. The average Bonchev–Trinajstić information content (AvgIpc) is 3.18. The molecule has 5 rings (SSSR count). The van der Waals surface area contributed by atoms with Gasteiger partial charge in [-0.05, 0) is 68.7 Å². The standard InChI is InChI=1S/C24H24N4/c1-27-12-8-18(9-13-27)20-10-14-28-23(17-26-24(28)16-20)21-7-11-25-22(15-21)19-5-3-2-4-6-19/h2-7,10-11,14-18H,8-9,12-13H2,1H3. The summed E-state index contributed by atoms with van der Waals surface area (Å²) in [6.07, 6.45) is 8.48. The van der Waals surface area contributed by atoms with Crippen LogP contribution in [0.5, 0.6) is 0 Å².